The van der Waals surface area contributed by atoms with E-state index in [0.717, 1.165) is 5.56 Å². The molecular formula is C11H17ClOSi. The molecule has 0 unspecified atom stereocenters. The maximum Gasteiger partial charge on any atom is 0.159 e. The summed E-state index contributed by atoms with van der Waals surface area (Å²) >= 11 is 5.67. The predicted molar refractivity (Wildman–Crippen MR) is 65.6 cm³/mol. The van der Waals surface area contributed by atoms with Gasteiger partial charge in [-0.2, -0.15) is 11.1 Å². The topological polar surface area (TPSA) is 17.1 Å². The Hall–Kier alpha value is -0.603. The quantitative estimate of drug-likeness (QED) is 0.404. The summed E-state index contributed by atoms with van der Waals surface area (Å²) in [6.07, 6.45) is 0. The average molecular weight is 229 g/mol. The zero-order valence-corrected chi connectivity index (χ0v) is 10.9. The van der Waals surface area contributed by atoms with Crippen LogP contribution in [0, 0.1) is 0 Å². The van der Waals surface area contributed by atoms with Crippen molar-refractivity contribution < 1.29 is 4.79 Å². The predicted octanol–water partition coefficient (Wildman–Crippen LogP) is 3.95. The number of hydrogen-bond acceptors (Lipinski definition) is 1. The van der Waals surface area contributed by atoms with Crippen LogP contribution in [0.1, 0.15) is 17.3 Å². The first-order valence-electron chi connectivity index (χ1n) is 4.55. The van der Waals surface area contributed by atoms with Crippen LogP contribution < -0.4 is 0 Å². The van der Waals surface area contributed by atoms with Gasteiger partial charge in [0.25, 0.3) is 0 Å². The Kier molecular flexibility index (Phi) is 5.73. The van der Waals surface area contributed by atoms with Gasteiger partial charge in [0.2, 0.25) is 0 Å². The Morgan fingerprint density at radius 3 is 1.71 bits per heavy atom. The van der Waals surface area contributed by atoms with E-state index in [1.807, 2.05) is 30.3 Å². The number of ketones is 1. The first-order chi connectivity index (χ1) is 6.30. The van der Waals surface area contributed by atoms with Gasteiger partial charge in [-0.15, -0.1) is 0 Å². The van der Waals surface area contributed by atoms with Gasteiger partial charge in [-0.1, -0.05) is 50.0 Å². The van der Waals surface area contributed by atoms with E-state index in [2.05, 4.69) is 19.6 Å². The Balaban J connectivity index is 0.000000292. The molecule has 0 radical (unpaired) electrons. The Bertz CT molecular complexity index is 271. The SMILES string of the molecule is CC(=O)c1ccccc1.C[Si](C)(C)Cl. The van der Waals surface area contributed by atoms with Crippen LogP contribution in [0.15, 0.2) is 30.3 Å². The number of carbonyl (C=O) groups is 1. The molecule has 14 heavy (non-hydrogen) atoms. The summed E-state index contributed by atoms with van der Waals surface area (Å²) in [5.41, 5.74) is 0.775. The molecule has 0 heterocycles. The number of Topliss-reactive ketones (excluding diaryl/α,β-unsaturated/α-hetero) is 1. The van der Waals surface area contributed by atoms with Crippen molar-refractivity contribution in [2.45, 2.75) is 26.6 Å². The van der Waals surface area contributed by atoms with Crippen molar-refractivity contribution in [1.82, 2.24) is 0 Å². The molecule has 1 nitrogen and oxygen atoms in total. The lowest BCUT2D eigenvalue weighted by Gasteiger charge is -1.97. The number of carbonyl (C=O) groups excluding carboxylic acids is 1. The lowest BCUT2D eigenvalue weighted by molar-refractivity contribution is 0.101. The van der Waals surface area contributed by atoms with E-state index in [9.17, 15) is 4.79 Å². The summed E-state index contributed by atoms with van der Waals surface area (Å²) in [5.74, 6) is 0.121. The third-order valence-electron chi connectivity index (χ3n) is 1.18. The molecule has 0 spiro atoms. The molecule has 0 bridgehead atoms. The average Bonchev–Trinajstić information content (AvgIpc) is 2.03. The van der Waals surface area contributed by atoms with Crippen LogP contribution in [-0.2, 0) is 0 Å². The maximum atomic E-state index is 10.6. The van der Waals surface area contributed by atoms with Gasteiger partial charge in [-0.3, -0.25) is 4.79 Å². The highest BCUT2D eigenvalue weighted by Gasteiger charge is 2.04. The minimum Gasteiger partial charge on any atom is -0.295 e. The fourth-order valence-electron chi connectivity index (χ4n) is 0.673. The van der Waals surface area contributed by atoms with Crippen LogP contribution in [0.3, 0.4) is 0 Å². The molecule has 0 N–H and O–H groups in total. The molecule has 0 fully saturated rings. The summed E-state index contributed by atoms with van der Waals surface area (Å²) in [7, 11) is -1.14. The van der Waals surface area contributed by atoms with Crippen molar-refractivity contribution in [3.8, 4) is 0 Å². The highest BCUT2D eigenvalue weighted by atomic mass is 35.6. The second-order valence-corrected chi connectivity index (χ2v) is 11.5. The third kappa shape index (κ3) is 9.48. The smallest absolute Gasteiger partial charge is 0.159 e. The van der Waals surface area contributed by atoms with Crippen molar-refractivity contribution >= 4 is 24.2 Å². The van der Waals surface area contributed by atoms with Crippen molar-refractivity contribution in [3.63, 3.8) is 0 Å². The first kappa shape index (κ1) is 13.4. The van der Waals surface area contributed by atoms with Crippen LogP contribution >= 0.6 is 11.1 Å². The summed E-state index contributed by atoms with van der Waals surface area (Å²) in [5, 5.41) is 0. The monoisotopic (exact) mass is 228 g/mol. The van der Waals surface area contributed by atoms with Gasteiger partial charge in [0.15, 0.2) is 5.78 Å². The number of rotatable bonds is 1. The zero-order valence-electron chi connectivity index (χ0n) is 9.17. The second-order valence-electron chi connectivity index (χ2n) is 3.99. The summed E-state index contributed by atoms with van der Waals surface area (Å²) in [6, 6.07) is 9.23. The fourth-order valence-corrected chi connectivity index (χ4v) is 0.673. The molecule has 0 aromatic heterocycles. The molecule has 1 aromatic carbocycles. The van der Waals surface area contributed by atoms with Gasteiger partial charge in [0.05, 0.1) is 0 Å². The standard InChI is InChI=1S/C8H8O.C3H9ClSi/c1-7(9)8-5-3-2-4-6-8;1-5(2,3)4/h2-6H,1H3;1-3H3. The van der Waals surface area contributed by atoms with Crippen molar-refractivity contribution in [1.29, 1.82) is 0 Å². The van der Waals surface area contributed by atoms with E-state index in [4.69, 9.17) is 11.1 Å². The summed E-state index contributed by atoms with van der Waals surface area (Å²) in [4.78, 5) is 10.6. The molecule has 0 aliphatic carbocycles. The van der Waals surface area contributed by atoms with Gasteiger partial charge in [-0.25, -0.2) is 0 Å². The molecule has 1 rings (SSSR count). The van der Waals surface area contributed by atoms with Gasteiger partial charge < -0.3 is 0 Å². The lowest BCUT2D eigenvalue weighted by atomic mass is 10.2. The van der Waals surface area contributed by atoms with Crippen LogP contribution in [-0.4, -0.2) is 13.2 Å². The van der Waals surface area contributed by atoms with Crippen LogP contribution in [0.2, 0.25) is 19.6 Å². The Morgan fingerprint density at radius 1 is 1.14 bits per heavy atom. The lowest BCUT2D eigenvalue weighted by Crippen LogP contribution is -2.06. The largest absolute Gasteiger partial charge is 0.295 e. The molecule has 1 aromatic rings. The maximum absolute atomic E-state index is 10.6. The highest BCUT2D eigenvalue weighted by Crippen LogP contribution is 2.03. The normalized spacial score (nSPS) is 10.1. The van der Waals surface area contributed by atoms with Gasteiger partial charge in [-0.05, 0) is 6.92 Å². The Morgan fingerprint density at radius 2 is 1.50 bits per heavy atom. The molecule has 0 saturated carbocycles. The first-order valence-corrected chi connectivity index (χ1v) is 9.07. The highest BCUT2D eigenvalue weighted by molar-refractivity contribution is 7.18. The zero-order chi connectivity index (χ0) is 11.2. The van der Waals surface area contributed by atoms with E-state index < -0.39 is 7.38 Å². The molecular weight excluding hydrogens is 212 g/mol. The fraction of sp³-hybridized carbons (Fsp3) is 0.364. The summed E-state index contributed by atoms with van der Waals surface area (Å²) in [6.45, 7) is 7.84. The minimum absolute atomic E-state index is 0.121. The van der Waals surface area contributed by atoms with Gasteiger partial charge >= 0.3 is 0 Å². The van der Waals surface area contributed by atoms with E-state index in [1.165, 1.54) is 0 Å². The van der Waals surface area contributed by atoms with Crippen LogP contribution in [0.5, 0.6) is 0 Å². The molecule has 0 amide bonds. The van der Waals surface area contributed by atoms with Crippen LogP contribution in [0.4, 0.5) is 0 Å². The number of benzene rings is 1. The summed E-state index contributed by atoms with van der Waals surface area (Å²) < 4.78 is 0. The molecule has 0 saturated heterocycles. The van der Waals surface area contributed by atoms with Gasteiger partial charge in [0.1, 0.15) is 7.38 Å². The number of hydrogen-bond donors (Lipinski definition) is 0. The molecule has 0 aliphatic rings. The molecule has 78 valence electrons. The number of halogens is 1. The van der Waals surface area contributed by atoms with E-state index in [1.54, 1.807) is 6.92 Å². The molecule has 3 heteroatoms. The second kappa shape index (κ2) is 5.99. The van der Waals surface area contributed by atoms with E-state index in [0.29, 0.717) is 0 Å². The van der Waals surface area contributed by atoms with Crippen molar-refractivity contribution in [2.24, 2.45) is 0 Å². The third-order valence-corrected chi connectivity index (χ3v) is 1.18. The molecule has 0 atom stereocenters. The van der Waals surface area contributed by atoms with E-state index in [-0.39, 0.29) is 5.78 Å². The van der Waals surface area contributed by atoms with Gasteiger partial charge in [0, 0.05) is 5.56 Å². The minimum atomic E-state index is -1.14. The molecule has 0 aliphatic heterocycles. The van der Waals surface area contributed by atoms with Crippen molar-refractivity contribution in [2.75, 3.05) is 0 Å². The van der Waals surface area contributed by atoms with E-state index >= 15 is 0 Å². The Labute approximate surface area is 91.8 Å². The van der Waals surface area contributed by atoms with Crippen LogP contribution in [0.25, 0.3) is 0 Å². The van der Waals surface area contributed by atoms with Crippen molar-refractivity contribution in [3.05, 3.63) is 35.9 Å².